The molecule has 3 heterocycles. The van der Waals surface area contributed by atoms with E-state index in [2.05, 4.69) is 273 Å². The van der Waals surface area contributed by atoms with E-state index in [0.29, 0.717) is 0 Å². The van der Waals surface area contributed by atoms with Gasteiger partial charge in [0.05, 0.1) is 11.2 Å². The molecule has 2 atom stereocenters. The average Bonchev–Trinajstić information content (AvgIpc) is 3.24. The third-order valence-corrected chi connectivity index (χ3v) is 20.3. The molecule has 0 N–H and O–H groups in total. The summed E-state index contributed by atoms with van der Waals surface area (Å²) in [5.74, 6) is 0. The van der Waals surface area contributed by atoms with E-state index in [4.69, 9.17) is 0 Å². The molecular weight excluding hydrogens is 942 g/mol. The fourth-order valence-corrected chi connectivity index (χ4v) is 14.9. The normalized spacial score (nSPS) is 21.1. The van der Waals surface area contributed by atoms with Crippen LogP contribution < -0.4 is 31.1 Å². The third-order valence-electron chi connectivity index (χ3n) is 20.3. The van der Waals surface area contributed by atoms with E-state index < -0.39 is 0 Å². The Bertz CT molecular complexity index is 3570. The van der Waals surface area contributed by atoms with E-state index in [-0.39, 0.29) is 50.2 Å². The Balaban J connectivity index is 1.27. The van der Waals surface area contributed by atoms with Crippen LogP contribution in [0.15, 0.2) is 133 Å². The van der Waals surface area contributed by atoms with E-state index in [0.717, 1.165) is 19.3 Å². The van der Waals surface area contributed by atoms with Crippen LogP contribution in [0.4, 0.5) is 45.5 Å². The zero-order valence-corrected chi connectivity index (χ0v) is 50.9. The summed E-state index contributed by atoms with van der Waals surface area (Å²) in [6.07, 6.45) is 7.08. The van der Waals surface area contributed by atoms with E-state index in [1.54, 1.807) is 0 Å². The van der Waals surface area contributed by atoms with Gasteiger partial charge < -0.3 is 14.7 Å². The van der Waals surface area contributed by atoms with Crippen molar-refractivity contribution >= 4 is 68.6 Å². The van der Waals surface area contributed by atoms with E-state index >= 15 is 0 Å². The SMILES string of the molecule is CC(C)(C)c1cccc(N2c3cc(C(C)(C)C)ccc3B3c4cc5c(cc4N(c4ccc(C(C)(C)C)cc4-c4ccccc4)c4cc(N6c7ccc(C(C)(C)C)cc7C7(C)CCCCC67C)cc2c43)C(C)(C)CCC5(C)C)c1. The Morgan fingerprint density at radius 3 is 1.56 bits per heavy atom. The zero-order chi connectivity index (χ0) is 55.7. The molecule has 12 rings (SSSR count). The fraction of sp³-hybridized carbons (Fsp3) is 0.432. The summed E-state index contributed by atoms with van der Waals surface area (Å²) in [6.45, 7) is 43.7. The molecular formula is C74H88BN3. The summed E-state index contributed by atoms with van der Waals surface area (Å²) in [6, 6.07) is 54.1. The molecule has 4 heteroatoms. The van der Waals surface area contributed by atoms with Gasteiger partial charge in [0.25, 0.3) is 6.71 Å². The highest BCUT2D eigenvalue weighted by Gasteiger charge is 2.58. The van der Waals surface area contributed by atoms with Crippen LogP contribution in [0.3, 0.4) is 0 Å². The number of rotatable bonds is 4. The summed E-state index contributed by atoms with van der Waals surface area (Å²) in [4.78, 5) is 8.33. The number of hydrogen-bond acceptors (Lipinski definition) is 3. The van der Waals surface area contributed by atoms with Crippen LogP contribution in [0, 0.1) is 0 Å². The maximum Gasteiger partial charge on any atom is 0.252 e. The maximum absolute atomic E-state index is 2.86. The van der Waals surface area contributed by atoms with Crippen LogP contribution >= 0.6 is 0 Å². The Labute approximate surface area is 471 Å². The smallest absolute Gasteiger partial charge is 0.252 e. The van der Waals surface area contributed by atoms with Crippen molar-refractivity contribution in [3.05, 3.63) is 172 Å². The summed E-state index contributed by atoms with van der Waals surface area (Å²) in [5.41, 5.74) is 26.5. The second-order valence-corrected chi connectivity index (χ2v) is 30.5. The van der Waals surface area contributed by atoms with Gasteiger partial charge >= 0.3 is 0 Å². The molecule has 0 saturated heterocycles. The Hall–Kier alpha value is -6.00. The van der Waals surface area contributed by atoms with Crippen molar-refractivity contribution in [3.63, 3.8) is 0 Å². The largest absolute Gasteiger partial charge is 0.334 e. The van der Waals surface area contributed by atoms with Gasteiger partial charge in [-0.1, -0.05) is 209 Å². The standard InChI is InChI=1S/C74H88BN3/c1-67(2,3)48-27-24-28-52(39-48)76-62-42-51(70(10,11)12)29-32-58(62)75-59-45-55-56(72(15,16)38-37-71(55,13)14)46-63(59)77(60-33-30-49(68(4,5)6)40-54(60)47-25-20-19-21-26-47)65-44-53(43-64(76)66(65)75)78-61-34-31-50(69(7,8)9)41-57(61)73(17)35-22-23-36-74(73,78)18/h19-21,24-34,39-46H,22-23,35-38H2,1-18H3. The molecule has 7 aromatic rings. The van der Waals surface area contributed by atoms with Crippen LogP contribution in [-0.4, -0.2) is 12.3 Å². The molecule has 1 saturated carbocycles. The average molecular weight is 1030 g/mol. The number of hydrogen-bond donors (Lipinski definition) is 0. The lowest BCUT2D eigenvalue weighted by Crippen LogP contribution is -2.62. The summed E-state index contributed by atoms with van der Waals surface area (Å²) >= 11 is 0. The summed E-state index contributed by atoms with van der Waals surface area (Å²) in [7, 11) is 0. The Morgan fingerprint density at radius 1 is 0.385 bits per heavy atom. The van der Waals surface area contributed by atoms with Crippen molar-refractivity contribution in [1.82, 2.24) is 0 Å². The van der Waals surface area contributed by atoms with Crippen LogP contribution in [0.2, 0.25) is 0 Å². The van der Waals surface area contributed by atoms with E-state index in [1.807, 2.05) is 0 Å². The van der Waals surface area contributed by atoms with Crippen molar-refractivity contribution in [2.75, 3.05) is 14.7 Å². The van der Waals surface area contributed by atoms with Crippen molar-refractivity contribution in [3.8, 4) is 11.1 Å². The van der Waals surface area contributed by atoms with Gasteiger partial charge in [-0.25, -0.2) is 0 Å². The summed E-state index contributed by atoms with van der Waals surface area (Å²) < 4.78 is 0. The quantitative estimate of drug-likeness (QED) is 0.163. The minimum absolute atomic E-state index is 0.00332. The fourth-order valence-electron chi connectivity index (χ4n) is 14.9. The van der Waals surface area contributed by atoms with Crippen LogP contribution in [-0.2, 0) is 37.9 Å². The maximum atomic E-state index is 2.86. The number of anilines is 8. The molecule has 2 aliphatic carbocycles. The molecule has 78 heavy (non-hydrogen) atoms. The topological polar surface area (TPSA) is 9.72 Å². The van der Waals surface area contributed by atoms with Gasteiger partial charge in [0.15, 0.2) is 0 Å². The van der Waals surface area contributed by atoms with Crippen LogP contribution in [0.1, 0.15) is 202 Å². The van der Waals surface area contributed by atoms with Gasteiger partial charge in [-0.15, -0.1) is 0 Å². The first-order chi connectivity index (χ1) is 36.4. The highest BCUT2D eigenvalue weighted by molar-refractivity contribution is 7.00. The molecule has 2 unspecified atom stereocenters. The molecule has 5 aliphatic rings. The van der Waals surface area contributed by atoms with Crippen molar-refractivity contribution in [2.45, 2.75) is 207 Å². The molecule has 0 aromatic heterocycles. The van der Waals surface area contributed by atoms with Gasteiger partial charge in [-0.2, -0.15) is 0 Å². The number of fused-ring (bicyclic) bond motifs is 8. The number of nitrogens with zero attached hydrogens (tertiary/aromatic N) is 3. The first-order valence-electron chi connectivity index (χ1n) is 29.8. The zero-order valence-electron chi connectivity index (χ0n) is 50.9. The minimum atomic E-state index is -0.164. The van der Waals surface area contributed by atoms with Gasteiger partial charge in [-0.3, -0.25) is 0 Å². The van der Waals surface area contributed by atoms with Gasteiger partial charge in [0, 0.05) is 50.8 Å². The first kappa shape index (κ1) is 52.7. The second kappa shape index (κ2) is 17.3. The molecule has 0 amide bonds. The van der Waals surface area contributed by atoms with Crippen molar-refractivity contribution in [2.24, 2.45) is 0 Å². The highest BCUT2D eigenvalue weighted by Crippen LogP contribution is 2.63. The molecule has 3 aliphatic heterocycles. The van der Waals surface area contributed by atoms with E-state index in [9.17, 15) is 0 Å². The lowest BCUT2D eigenvalue weighted by molar-refractivity contribution is 0.195. The third kappa shape index (κ3) is 8.01. The van der Waals surface area contributed by atoms with Crippen LogP contribution in [0.25, 0.3) is 11.1 Å². The summed E-state index contributed by atoms with van der Waals surface area (Å²) in [5, 5.41) is 0. The number of benzene rings is 7. The van der Waals surface area contributed by atoms with Crippen LogP contribution in [0.5, 0.6) is 0 Å². The van der Waals surface area contributed by atoms with Gasteiger partial charge in [0.2, 0.25) is 0 Å². The molecule has 7 aromatic carbocycles. The molecule has 0 bridgehead atoms. The molecule has 0 radical (unpaired) electrons. The van der Waals surface area contributed by atoms with Gasteiger partial charge in [0.1, 0.15) is 0 Å². The second-order valence-electron chi connectivity index (χ2n) is 30.5. The Morgan fingerprint density at radius 2 is 0.923 bits per heavy atom. The molecule has 1 fully saturated rings. The molecule has 0 spiro atoms. The first-order valence-corrected chi connectivity index (χ1v) is 29.8. The lowest BCUT2D eigenvalue weighted by atomic mass is 9.33. The van der Waals surface area contributed by atoms with Crippen molar-refractivity contribution < 1.29 is 0 Å². The van der Waals surface area contributed by atoms with E-state index in [1.165, 1.54) is 131 Å². The predicted octanol–water partition coefficient (Wildman–Crippen LogP) is 18.7. The minimum Gasteiger partial charge on any atom is -0.334 e. The van der Waals surface area contributed by atoms with Gasteiger partial charge in [-0.05, 0) is 181 Å². The highest BCUT2D eigenvalue weighted by atomic mass is 15.3. The van der Waals surface area contributed by atoms with Crippen molar-refractivity contribution in [1.29, 1.82) is 0 Å². The predicted molar refractivity (Wildman–Crippen MR) is 339 cm³/mol. The monoisotopic (exact) mass is 1030 g/mol. The molecule has 3 nitrogen and oxygen atoms in total. The lowest BCUT2D eigenvalue weighted by Gasteiger charge is -2.51. The Kier molecular flexibility index (Phi) is 11.7. The molecule has 402 valence electrons.